The van der Waals surface area contributed by atoms with Gasteiger partial charge < -0.3 is 27.0 Å². The molecule has 0 aliphatic heterocycles. The van der Waals surface area contributed by atoms with Crippen LogP contribution in [0.4, 0.5) is 0 Å². The fourth-order valence-electron chi connectivity index (χ4n) is 1.13. The van der Waals surface area contributed by atoms with Gasteiger partial charge >= 0.3 is 11.9 Å². The van der Waals surface area contributed by atoms with Crippen molar-refractivity contribution in [2.75, 3.05) is 11.5 Å². The van der Waals surface area contributed by atoms with Crippen LogP contribution >= 0.6 is 11.8 Å². The number of thioether (sulfide) groups is 1. The number of primary amides is 1. The third kappa shape index (κ3) is 9.22. The lowest BCUT2D eigenvalue weighted by atomic mass is 10.1. The summed E-state index contributed by atoms with van der Waals surface area (Å²) in [4.78, 5) is 31.9. The van der Waals surface area contributed by atoms with E-state index in [4.69, 9.17) is 21.7 Å². The van der Waals surface area contributed by atoms with E-state index in [0.29, 0.717) is 5.75 Å². The number of nitrogens with one attached hydrogen (secondary N) is 1. The molecule has 9 heteroatoms. The summed E-state index contributed by atoms with van der Waals surface area (Å²) in [5.74, 6) is -1.92. The Hall–Kier alpha value is -1.74. The van der Waals surface area contributed by atoms with Gasteiger partial charge in [0, 0.05) is 17.9 Å². The first-order valence-corrected chi connectivity index (χ1v) is 6.98. The molecule has 0 radical (unpaired) electrons. The lowest BCUT2D eigenvalue weighted by Gasteiger charge is -2.11. The molecule has 20 heavy (non-hydrogen) atoms. The quantitative estimate of drug-likeness (QED) is 0.303. The van der Waals surface area contributed by atoms with E-state index in [1.165, 1.54) is 18.0 Å². The zero-order valence-electron chi connectivity index (χ0n) is 10.8. The maximum atomic E-state index is 10.9. The molecule has 0 bridgehead atoms. The minimum Gasteiger partial charge on any atom is -0.480 e. The molecule has 114 valence electrons. The molecule has 0 saturated heterocycles. The Balaban J connectivity index is 3.91. The van der Waals surface area contributed by atoms with Gasteiger partial charge in [-0.3, -0.25) is 9.59 Å². The summed E-state index contributed by atoms with van der Waals surface area (Å²) in [7, 11) is 0. The highest BCUT2D eigenvalue weighted by Crippen LogP contribution is 2.02. The number of carboxylic acids is 2. The van der Waals surface area contributed by atoms with Crippen LogP contribution in [0.3, 0.4) is 0 Å². The highest BCUT2D eigenvalue weighted by Gasteiger charge is 2.15. The molecule has 8 nitrogen and oxygen atoms in total. The summed E-state index contributed by atoms with van der Waals surface area (Å²) in [6.45, 7) is 0. The minimum absolute atomic E-state index is 0.0139. The molecule has 7 N–H and O–H groups in total. The Labute approximate surface area is 120 Å². The molecule has 0 aliphatic rings. The summed E-state index contributed by atoms with van der Waals surface area (Å²) in [5.41, 5.74) is 10.3. The number of hydrogen-bond donors (Lipinski definition) is 5. The number of aliphatic carboxylic acids is 2. The normalized spacial score (nSPS) is 13.8. The number of amides is 1. The van der Waals surface area contributed by atoms with Crippen molar-refractivity contribution in [2.45, 2.75) is 24.9 Å². The van der Waals surface area contributed by atoms with Crippen molar-refractivity contribution in [3.05, 3.63) is 12.3 Å². The van der Waals surface area contributed by atoms with E-state index in [9.17, 15) is 14.4 Å². The molecule has 2 atom stereocenters. The summed E-state index contributed by atoms with van der Waals surface area (Å²) in [6, 6.07) is -1.80. The van der Waals surface area contributed by atoms with E-state index in [1.807, 2.05) is 0 Å². The average molecular weight is 305 g/mol. The lowest BCUT2D eigenvalue weighted by Crippen LogP contribution is -2.34. The molecule has 0 rings (SSSR count). The van der Waals surface area contributed by atoms with E-state index in [0.717, 1.165) is 0 Å². The third-order valence-electron chi connectivity index (χ3n) is 2.22. The van der Waals surface area contributed by atoms with Gasteiger partial charge in [-0.05, 0) is 12.6 Å². The largest absolute Gasteiger partial charge is 0.480 e. The number of hydrogen-bond acceptors (Lipinski definition) is 6. The Bertz CT molecular complexity index is 375. The molecule has 0 aliphatic carbocycles. The summed E-state index contributed by atoms with van der Waals surface area (Å²) < 4.78 is 0. The standard InChI is InChI=1S/C11H19N3O5S/c12-7(10(16)17)6-20-5-1-4-14-8(11(18)19)2-3-9(13)15/h1,4,7-8,14H,2-3,5-6,12H2,(H2,13,15)(H,16,17)(H,18,19)/t7-,8-/m0/s1. The first-order chi connectivity index (χ1) is 9.34. The van der Waals surface area contributed by atoms with Crippen molar-refractivity contribution in [1.29, 1.82) is 0 Å². The Morgan fingerprint density at radius 1 is 1.25 bits per heavy atom. The van der Waals surface area contributed by atoms with Crippen LogP contribution in [0, 0.1) is 0 Å². The molecule has 0 aromatic rings. The van der Waals surface area contributed by atoms with Gasteiger partial charge in [0.1, 0.15) is 12.1 Å². The molecule has 1 amide bonds. The second-order valence-electron chi connectivity index (χ2n) is 3.95. The first-order valence-electron chi connectivity index (χ1n) is 5.83. The monoisotopic (exact) mass is 305 g/mol. The van der Waals surface area contributed by atoms with E-state index in [-0.39, 0.29) is 18.6 Å². The van der Waals surface area contributed by atoms with Gasteiger partial charge in [0.15, 0.2) is 0 Å². The van der Waals surface area contributed by atoms with Crippen molar-refractivity contribution < 1.29 is 24.6 Å². The van der Waals surface area contributed by atoms with E-state index in [2.05, 4.69) is 5.32 Å². The zero-order chi connectivity index (χ0) is 15.5. The molecule has 0 aromatic carbocycles. The minimum atomic E-state index is -1.07. The van der Waals surface area contributed by atoms with Crippen LogP contribution in [0.5, 0.6) is 0 Å². The highest BCUT2D eigenvalue weighted by atomic mass is 32.2. The van der Waals surface area contributed by atoms with E-state index < -0.39 is 29.9 Å². The van der Waals surface area contributed by atoms with E-state index in [1.54, 1.807) is 6.08 Å². The van der Waals surface area contributed by atoms with Gasteiger partial charge in [-0.25, -0.2) is 4.79 Å². The van der Waals surface area contributed by atoms with Crippen LogP contribution in [0.1, 0.15) is 12.8 Å². The molecule has 0 aromatic heterocycles. The SMILES string of the molecule is NC(=O)CC[C@H](NC=CCSC[C@H](N)C(=O)O)C(=O)O. The average Bonchev–Trinajstić information content (AvgIpc) is 2.35. The van der Waals surface area contributed by atoms with Crippen LogP contribution in [0.2, 0.25) is 0 Å². The summed E-state index contributed by atoms with van der Waals surface area (Å²) in [6.07, 6.45) is 3.20. The number of nitrogens with two attached hydrogens (primary N) is 2. The van der Waals surface area contributed by atoms with Crippen LogP contribution in [-0.2, 0) is 14.4 Å². The van der Waals surface area contributed by atoms with Crippen LogP contribution in [-0.4, -0.2) is 51.6 Å². The Kier molecular flexibility index (Phi) is 9.22. The molecule has 0 spiro atoms. The highest BCUT2D eigenvalue weighted by molar-refractivity contribution is 7.99. The lowest BCUT2D eigenvalue weighted by molar-refractivity contribution is -0.139. The second kappa shape index (κ2) is 10.1. The molecule has 0 fully saturated rings. The predicted octanol–water partition coefficient (Wildman–Crippen LogP) is -1.05. The molecular weight excluding hydrogens is 286 g/mol. The van der Waals surface area contributed by atoms with Gasteiger partial charge in [0.05, 0.1) is 0 Å². The number of carboxylic acid groups (broad SMARTS) is 2. The fraction of sp³-hybridized carbons (Fsp3) is 0.545. The van der Waals surface area contributed by atoms with Crippen molar-refractivity contribution in [3.63, 3.8) is 0 Å². The maximum Gasteiger partial charge on any atom is 0.326 e. The number of carbonyl (C=O) groups excluding carboxylic acids is 1. The van der Waals surface area contributed by atoms with Crippen LogP contribution < -0.4 is 16.8 Å². The van der Waals surface area contributed by atoms with Crippen molar-refractivity contribution >= 4 is 29.6 Å². The zero-order valence-corrected chi connectivity index (χ0v) is 11.6. The van der Waals surface area contributed by atoms with Crippen molar-refractivity contribution in [1.82, 2.24) is 5.32 Å². The molecule has 0 heterocycles. The van der Waals surface area contributed by atoms with Crippen LogP contribution in [0.15, 0.2) is 12.3 Å². The first kappa shape index (κ1) is 18.3. The van der Waals surface area contributed by atoms with E-state index >= 15 is 0 Å². The Morgan fingerprint density at radius 2 is 1.90 bits per heavy atom. The number of carbonyl (C=O) groups is 3. The topological polar surface area (TPSA) is 156 Å². The predicted molar refractivity (Wildman–Crippen MR) is 75.1 cm³/mol. The summed E-state index contributed by atoms with van der Waals surface area (Å²) >= 11 is 1.31. The van der Waals surface area contributed by atoms with Gasteiger partial charge in [-0.2, -0.15) is 11.8 Å². The maximum absolute atomic E-state index is 10.9. The number of rotatable bonds is 11. The van der Waals surface area contributed by atoms with Gasteiger partial charge in [0.25, 0.3) is 0 Å². The molecule has 0 saturated carbocycles. The molecule has 0 unspecified atom stereocenters. The van der Waals surface area contributed by atoms with Gasteiger partial charge in [0.2, 0.25) is 5.91 Å². The second-order valence-corrected chi connectivity index (χ2v) is 5.02. The van der Waals surface area contributed by atoms with Crippen LogP contribution in [0.25, 0.3) is 0 Å². The Morgan fingerprint density at radius 3 is 2.40 bits per heavy atom. The third-order valence-corrected chi connectivity index (χ3v) is 3.24. The van der Waals surface area contributed by atoms with Crippen molar-refractivity contribution in [3.8, 4) is 0 Å². The smallest absolute Gasteiger partial charge is 0.326 e. The fourth-order valence-corrected chi connectivity index (χ4v) is 1.90. The molecular formula is C11H19N3O5S. The summed E-state index contributed by atoms with van der Waals surface area (Å²) in [5, 5.41) is 20.1. The van der Waals surface area contributed by atoms with Gasteiger partial charge in [-0.15, -0.1) is 0 Å². The van der Waals surface area contributed by atoms with Crippen molar-refractivity contribution in [2.24, 2.45) is 11.5 Å². The van der Waals surface area contributed by atoms with Gasteiger partial charge in [-0.1, -0.05) is 6.08 Å².